The van der Waals surface area contributed by atoms with Crippen LogP contribution in [0.25, 0.3) is 0 Å². The molecule has 2 aliphatic carbocycles. The summed E-state index contributed by atoms with van der Waals surface area (Å²) in [6.07, 6.45) is 9.27. The van der Waals surface area contributed by atoms with Crippen LogP contribution >= 0.6 is 0 Å². The number of ether oxygens (including phenoxy) is 2. The van der Waals surface area contributed by atoms with Gasteiger partial charge in [-0.3, -0.25) is 0 Å². The highest BCUT2D eigenvalue weighted by atomic mass is 19.2. The molecule has 0 aliphatic heterocycles. The van der Waals surface area contributed by atoms with Crippen LogP contribution in [0.1, 0.15) is 93.2 Å². The number of benzene rings is 2. The lowest BCUT2D eigenvalue weighted by molar-refractivity contribution is 0.0655. The smallest absolute Gasteiger partial charge is 0.165 e. The molecule has 2 fully saturated rings. The van der Waals surface area contributed by atoms with E-state index in [2.05, 4.69) is 0 Å². The average molecular weight is 475 g/mol. The highest BCUT2D eigenvalue weighted by molar-refractivity contribution is 5.32. The first-order valence-electron chi connectivity index (χ1n) is 12.9. The molecular weight excluding hydrogens is 437 g/mol. The molecule has 0 spiro atoms. The Morgan fingerprint density at radius 3 is 1.91 bits per heavy atom. The van der Waals surface area contributed by atoms with E-state index in [-0.39, 0.29) is 23.8 Å². The molecule has 4 rings (SSSR count). The molecule has 0 aromatic heterocycles. The third-order valence-electron chi connectivity index (χ3n) is 8.01. The Hall–Kier alpha value is -2.01. The van der Waals surface area contributed by atoms with Crippen LogP contribution in [0.15, 0.2) is 30.3 Å². The zero-order chi connectivity index (χ0) is 24.1. The van der Waals surface area contributed by atoms with E-state index in [1.165, 1.54) is 0 Å². The van der Waals surface area contributed by atoms with Crippen LogP contribution in [-0.4, -0.2) is 19.8 Å². The monoisotopic (exact) mass is 474 g/mol. The van der Waals surface area contributed by atoms with Crippen molar-refractivity contribution in [1.82, 2.24) is 0 Å². The van der Waals surface area contributed by atoms with Gasteiger partial charge in [-0.05, 0) is 118 Å². The normalized spacial score (nSPS) is 25.3. The average Bonchev–Trinajstić information content (AvgIpc) is 2.86. The summed E-state index contributed by atoms with van der Waals surface area (Å²) in [6, 6.07) is 8.87. The molecular formula is C29H37F3O2. The molecule has 0 bridgehead atoms. The predicted octanol–water partition coefficient (Wildman–Crippen LogP) is 8.08. The quantitative estimate of drug-likeness (QED) is 0.385. The third-order valence-corrected chi connectivity index (χ3v) is 8.01. The Balaban J connectivity index is 1.31. The zero-order valence-corrected chi connectivity index (χ0v) is 20.4. The maximum Gasteiger partial charge on any atom is 0.165 e. The van der Waals surface area contributed by atoms with E-state index in [1.54, 1.807) is 19.2 Å². The molecule has 2 nitrogen and oxygen atoms in total. The van der Waals surface area contributed by atoms with E-state index < -0.39 is 11.6 Å². The van der Waals surface area contributed by atoms with Crippen molar-refractivity contribution in [3.63, 3.8) is 0 Å². The fourth-order valence-corrected chi connectivity index (χ4v) is 5.92. The van der Waals surface area contributed by atoms with E-state index in [0.29, 0.717) is 29.4 Å². The predicted molar refractivity (Wildman–Crippen MR) is 129 cm³/mol. The molecule has 0 unspecified atom stereocenters. The number of halogens is 3. The minimum Gasteiger partial charge on any atom is -0.491 e. The lowest BCUT2D eigenvalue weighted by Gasteiger charge is -2.31. The molecule has 2 aliphatic rings. The van der Waals surface area contributed by atoms with Crippen molar-refractivity contribution >= 4 is 0 Å². The van der Waals surface area contributed by atoms with Gasteiger partial charge in [0.15, 0.2) is 23.2 Å². The van der Waals surface area contributed by atoms with E-state index in [4.69, 9.17) is 9.47 Å². The van der Waals surface area contributed by atoms with Gasteiger partial charge < -0.3 is 9.47 Å². The molecule has 0 heterocycles. The van der Waals surface area contributed by atoms with Gasteiger partial charge in [-0.2, -0.15) is 0 Å². The molecule has 2 saturated carbocycles. The minimum atomic E-state index is -0.641. The van der Waals surface area contributed by atoms with Crippen molar-refractivity contribution < 1.29 is 22.6 Å². The Bertz CT molecular complexity index is 945. The highest BCUT2D eigenvalue weighted by Gasteiger charge is 2.29. The molecule has 0 atom stereocenters. The summed E-state index contributed by atoms with van der Waals surface area (Å²) < 4.78 is 54.9. The number of aryl methyl sites for hydroxylation is 1. The molecule has 0 amide bonds. The van der Waals surface area contributed by atoms with Gasteiger partial charge in [0.25, 0.3) is 0 Å². The van der Waals surface area contributed by atoms with E-state index in [1.807, 2.05) is 25.1 Å². The van der Waals surface area contributed by atoms with Crippen molar-refractivity contribution in [1.29, 1.82) is 0 Å². The molecule has 2 aromatic carbocycles. The maximum absolute atomic E-state index is 15.1. The van der Waals surface area contributed by atoms with Gasteiger partial charge in [-0.15, -0.1) is 0 Å². The lowest BCUT2D eigenvalue weighted by atomic mass is 9.76. The fraction of sp³-hybridized carbons (Fsp3) is 0.586. The topological polar surface area (TPSA) is 18.5 Å². The Morgan fingerprint density at radius 2 is 1.38 bits per heavy atom. The van der Waals surface area contributed by atoms with Crippen LogP contribution in [0, 0.1) is 23.4 Å². The lowest BCUT2D eigenvalue weighted by Crippen LogP contribution is -2.20. The summed E-state index contributed by atoms with van der Waals surface area (Å²) in [4.78, 5) is 0. The standard InChI is InChI=1S/C29H37F3O2/c1-3-34-27-17-8-20(18-26(27)30)5-4-19-6-9-21(10-7-19)24-15-16-25(29(32)28(24)31)22-11-13-23(33-2)14-12-22/h8,15-19,21-23H,3-7,9-14H2,1-2H3. The van der Waals surface area contributed by atoms with Crippen molar-refractivity contribution in [2.75, 3.05) is 13.7 Å². The van der Waals surface area contributed by atoms with Gasteiger partial charge in [0.1, 0.15) is 0 Å². The fourth-order valence-electron chi connectivity index (χ4n) is 5.92. The SMILES string of the molecule is CCOc1ccc(CCC2CCC(c3ccc(C4CCC(OC)CC4)c(F)c3F)CC2)cc1F. The zero-order valence-electron chi connectivity index (χ0n) is 20.4. The van der Waals surface area contributed by atoms with Crippen LogP contribution in [-0.2, 0) is 11.2 Å². The Morgan fingerprint density at radius 1 is 0.794 bits per heavy atom. The molecule has 0 N–H and O–H groups in total. The first-order valence-corrected chi connectivity index (χ1v) is 12.9. The Labute approximate surface area is 201 Å². The molecule has 5 heteroatoms. The summed E-state index contributed by atoms with van der Waals surface area (Å²) in [5.41, 5.74) is 2.05. The van der Waals surface area contributed by atoms with Crippen LogP contribution in [0.3, 0.4) is 0 Å². The second kappa shape index (κ2) is 11.6. The first-order chi connectivity index (χ1) is 16.5. The van der Waals surface area contributed by atoms with Crippen LogP contribution < -0.4 is 4.74 Å². The maximum atomic E-state index is 15.1. The van der Waals surface area contributed by atoms with E-state index >= 15 is 8.78 Å². The van der Waals surface area contributed by atoms with Crippen LogP contribution in [0.5, 0.6) is 5.75 Å². The van der Waals surface area contributed by atoms with Crippen LogP contribution in [0.2, 0.25) is 0 Å². The number of hydrogen-bond acceptors (Lipinski definition) is 2. The summed E-state index contributed by atoms with van der Waals surface area (Å²) in [6.45, 7) is 2.29. The minimum absolute atomic E-state index is 0.0759. The highest BCUT2D eigenvalue weighted by Crippen LogP contribution is 2.41. The van der Waals surface area contributed by atoms with Crippen molar-refractivity contribution in [3.8, 4) is 5.75 Å². The molecule has 186 valence electrons. The van der Waals surface area contributed by atoms with E-state index in [9.17, 15) is 4.39 Å². The molecule has 0 saturated heterocycles. The summed E-state index contributed by atoms with van der Waals surface area (Å²) in [7, 11) is 1.72. The summed E-state index contributed by atoms with van der Waals surface area (Å²) >= 11 is 0. The third kappa shape index (κ3) is 5.79. The van der Waals surface area contributed by atoms with Gasteiger partial charge in [0, 0.05) is 7.11 Å². The number of methoxy groups -OCH3 is 1. The molecule has 2 aromatic rings. The first kappa shape index (κ1) is 25.1. The van der Waals surface area contributed by atoms with Crippen molar-refractivity contribution in [3.05, 3.63) is 64.5 Å². The number of hydrogen-bond donors (Lipinski definition) is 0. The molecule has 34 heavy (non-hydrogen) atoms. The Kier molecular flexibility index (Phi) is 8.57. The number of rotatable bonds is 8. The van der Waals surface area contributed by atoms with Crippen LogP contribution in [0.4, 0.5) is 13.2 Å². The van der Waals surface area contributed by atoms with Gasteiger partial charge >= 0.3 is 0 Å². The summed E-state index contributed by atoms with van der Waals surface area (Å²) in [5, 5.41) is 0. The second-order valence-electron chi connectivity index (χ2n) is 10.0. The van der Waals surface area contributed by atoms with Crippen molar-refractivity contribution in [2.24, 2.45) is 5.92 Å². The van der Waals surface area contributed by atoms with Crippen molar-refractivity contribution in [2.45, 2.75) is 89.1 Å². The summed E-state index contributed by atoms with van der Waals surface area (Å²) in [5.74, 6) is -0.595. The van der Waals surface area contributed by atoms with Gasteiger partial charge in [0.05, 0.1) is 12.7 Å². The second-order valence-corrected chi connectivity index (χ2v) is 10.0. The van der Waals surface area contributed by atoms with Gasteiger partial charge in [-0.1, -0.05) is 18.2 Å². The van der Waals surface area contributed by atoms with Gasteiger partial charge in [0.2, 0.25) is 0 Å². The van der Waals surface area contributed by atoms with Gasteiger partial charge in [-0.25, -0.2) is 13.2 Å². The van der Waals surface area contributed by atoms with E-state index in [0.717, 1.165) is 69.8 Å². The molecule has 0 radical (unpaired) electrons. The largest absolute Gasteiger partial charge is 0.491 e.